The maximum Gasteiger partial charge on any atom is 0.190 e. The molecule has 0 bridgehead atoms. The Morgan fingerprint density at radius 1 is 1.40 bits per heavy atom. The van der Waals surface area contributed by atoms with Gasteiger partial charge in [0.15, 0.2) is 12.1 Å². The maximum atomic E-state index is 9.86. The average molecular weight is 216 g/mol. The Bertz CT molecular complexity index is 265. The molecule has 2 rings (SSSR count). The summed E-state index contributed by atoms with van der Waals surface area (Å²) < 4.78 is 16.3. The van der Waals surface area contributed by atoms with Crippen molar-refractivity contribution in [1.82, 2.24) is 0 Å². The largest absolute Gasteiger partial charge is 0.387 e. The van der Waals surface area contributed by atoms with Crippen molar-refractivity contribution in [2.24, 2.45) is 0 Å². The van der Waals surface area contributed by atoms with Gasteiger partial charge in [-0.1, -0.05) is 6.08 Å². The van der Waals surface area contributed by atoms with Gasteiger partial charge >= 0.3 is 0 Å². The van der Waals surface area contributed by atoms with Gasteiger partial charge in [-0.2, -0.15) is 0 Å². The summed E-state index contributed by atoms with van der Waals surface area (Å²) in [6.07, 6.45) is -2.38. The Hall–Kier alpha value is -0.460. The molecule has 0 saturated carbocycles. The predicted octanol–water partition coefficient (Wildman–Crippen LogP) is -0.229. The van der Waals surface area contributed by atoms with E-state index in [0.717, 1.165) is 0 Å². The molecule has 2 N–H and O–H groups in total. The van der Waals surface area contributed by atoms with Gasteiger partial charge in [0.1, 0.15) is 24.4 Å². The fraction of sp³-hybridized carbons (Fsp3) is 0.800. The zero-order valence-corrected chi connectivity index (χ0v) is 8.79. The van der Waals surface area contributed by atoms with E-state index in [1.54, 1.807) is 13.8 Å². The molecule has 0 aliphatic carbocycles. The molecule has 2 aliphatic heterocycles. The van der Waals surface area contributed by atoms with Crippen molar-refractivity contribution in [1.29, 1.82) is 0 Å². The van der Waals surface area contributed by atoms with Gasteiger partial charge in [0, 0.05) is 0 Å². The minimum atomic E-state index is -0.916. The average Bonchev–Trinajstić information content (AvgIpc) is 2.60. The Balaban J connectivity index is 2.08. The van der Waals surface area contributed by atoms with Crippen LogP contribution >= 0.6 is 0 Å². The van der Waals surface area contributed by atoms with Gasteiger partial charge in [-0.3, -0.25) is 0 Å². The zero-order chi connectivity index (χ0) is 11.2. The van der Waals surface area contributed by atoms with E-state index in [4.69, 9.17) is 14.2 Å². The van der Waals surface area contributed by atoms with Crippen molar-refractivity contribution in [3.8, 4) is 0 Å². The topological polar surface area (TPSA) is 68.2 Å². The summed E-state index contributed by atoms with van der Waals surface area (Å²) in [5.41, 5.74) is 0. The summed E-state index contributed by atoms with van der Waals surface area (Å²) in [4.78, 5) is 0. The van der Waals surface area contributed by atoms with Crippen LogP contribution in [0.2, 0.25) is 0 Å². The summed E-state index contributed by atoms with van der Waals surface area (Å²) in [5.74, 6) is -0.750. The molecule has 2 heterocycles. The molecule has 0 aromatic rings. The van der Waals surface area contributed by atoms with E-state index >= 15 is 0 Å². The minimum absolute atomic E-state index is 0.542. The second kappa shape index (κ2) is 3.54. The second-order valence-corrected chi connectivity index (χ2v) is 4.29. The number of rotatable bonds is 2. The highest BCUT2D eigenvalue weighted by Gasteiger charge is 2.55. The van der Waals surface area contributed by atoms with Crippen LogP contribution in [-0.2, 0) is 14.2 Å². The van der Waals surface area contributed by atoms with Gasteiger partial charge in [-0.05, 0) is 13.8 Å². The molecule has 0 aromatic carbocycles. The van der Waals surface area contributed by atoms with Gasteiger partial charge in [-0.25, -0.2) is 0 Å². The first-order valence-electron chi connectivity index (χ1n) is 4.94. The summed E-state index contributed by atoms with van der Waals surface area (Å²) >= 11 is 0. The number of ether oxygens (including phenoxy) is 3. The maximum absolute atomic E-state index is 9.86. The number of aliphatic hydroxyl groups is 2. The van der Waals surface area contributed by atoms with Crippen LogP contribution in [0.4, 0.5) is 0 Å². The summed E-state index contributed by atoms with van der Waals surface area (Å²) in [6.45, 7) is 6.94. The van der Waals surface area contributed by atoms with Crippen LogP contribution < -0.4 is 0 Å². The van der Waals surface area contributed by atoms with Gasteiger partial charge < -0.3 is 24.4 Å². The fourth-order valence-corrected chi connectivity index (χ4v) is 1.93. The minimum Gasteiger partial charge on any atom is -0.387 e. The van der Waals surface area contributed by atoms with Crippen LogP contribution in [0.1, 0.15) is 13.8 Å². The number of hydrogen-bond donors (Lipinski definition) is 2. The van der Waals surface area contributed by atoms with Gasteiger partial charge in [-0.15, -0.1) is 6.58 Å². The Morgan fingerprint density at radius 3 is 2.60 bits per heavy atom. The molecule has 5 atom stereocenters. The van der Waals surface area contributed by atoms with Gasteiger partial charge in [0.2, 0.25) is 0 Å². The molecule has 2 fully saturated rings. The van der Waals surface area contributed by atoms with Gasteiger partial charge in [0.05, 0.1) is 0 Å². The van der Waals surface area contributed by atoms with Crippen LogP contribution in [0.5, 0.6) is 0 Å². The van der Waals surface area contributed by atoms with Crippen molar-refractivity contribution in [3.05, 3.63) is 12.7 Å². The Morgan fingerprint density at radius 2 is 2.07 bits per heavy atom. The quantitative estimate of drug-likeness (QED) is 0.624. The van der Waals surface area contributed by atoms with E-state index in [1.807, 2.05) is 0 Å². The molecule has 5 nitrogen and oxygen atoms in total. The molecule has 0 spiro atoms. The summed E-state index contributed by atoms with van der Waals surface area (Å²) in [5, 5.41) is 19.4. The van der Waals surface area contributed by atoms with Gasteiger partial charge in [0.25, 0.3) is 0 Å². The standard InChI is InChI=1S/C10H16O5/c1-4-5(11)7-6(12)8-9(13-7)15-10(2,3)14-8/h4-9,11-12H,1H2,2-3H3/t5-,6+,7-,8-,9-/m1/s1. The van der Waals surface area contributed by atoms with E-state index in [2.05, 4.69) is 6.58 Å². The summed E-state index contributed by atoms with van der Waals surface area (Å²) in [7, 11) is 0. The van der Waals surface area contributed by atoms with Crippen molar-refractivity contribution in [3.63, 3.8) is 0 Å². The first-order valence-corrected chi connectivity index (χ1v) is 4.94. The second-order valence-electron chi connectivity index (χ2n) is 4.29. The molecule has 86 valence electrons. The highest BCUT2D eigenvalue weighted by Crippen LogP contribution is 2.38. The molecule has 0 radical (unpaired) electrons. The third kappa shape index (κ3) is 1.81. The fourth-order valence-electron chi connectivity index (χ4n) is 1.93. The van der Waals surface area contributed by atoms with Crippen LogP contribution in [0, 0.1) is 0 Å². The highest BCUT2D eigenvalue weighted by atomic mass is 16.8. The van der Waals surface area contributed by atoms with Crippen molar-refractivity contribution >= 4 is 0 Å². The van der Waals surface area contributed by atoms with E-state index < -0.39 is 36.5 Å². The molecular formula is C10H16O5. The Kier molecular flexibility index (Phi) is 2.60. The summed E-state index contributed by atoms with van der Waals surface area (Å²) in [6, 6.07) is 0. The van der Waals surface area contributed by atoms with E-state index in [0.29, 0.717) is 0 Å². The third-order valence-corrected chi connectivity index (χ3v) is 2.63. The molecule has 15 heavy (non-hydrogen) atoms. The predicted molar refractivity (Wildman–Crippen MR) is 50.9 cm³/mol. The third-order valence-electron chi connectivity index (χ3n) is 2.63. The molecule has 0 amide bonds. The van der Waals surface area contributed by atoms with E-state index in [1.165, 1.54) is 6.08 Å². The number of hydrogen-bond acceptors (Lipinski definition) is 5. The molecule has 0 unspecified atom stereocenters. The van der Waals surface area contributed by atoms with Crippen molar-refractivity contribution in [2.75, 3.05) is 0 Å². The lowest BCUT2D eigenvalue weighted by Crippen LogP contribution is -2.40. The Labute approximate surface area is 88.3 Å². The van der Waals surface area contributed by atoms with E-state index in [-0.39, 0.29) is 0 Å². The van der Waals surface area contributed by atoms with E-state index in [9.17, 15) is 10.2 Å². The normalized spacial score (nSPS) is 45.1. The lowest BCUT2D eigenvalue weighted by atomic mass is 10.1. The molecule has 2 saturated heterocycles. The van der Waals surface area contributed by atoms with Crippen molar-refractivity contribution < 1.29 is 24.4 Å². The van der Waals surface area contributed by atoms with Crippen LogP contribution in [0.3, 0.4) is 0 Å². The zero-order valence-electron chi connectivity index (χ0n) is 8.79. The molecular weight excluding hydrogens is 200 g/mol. The SMILES string of the molecule is C=C[C@@H](O)[C@H]1O[C@@H]2OC(C)(C)O[C@@H]2[C@H]1O. The number of aliphatic hydroxyl groups excluding tert-OH is 2. The first kappa shape index (κ1) is 11.0. The number of fused-ring (bicyclic) bond motifs is 1. The highest BCUT2D eigenvalue weighted by molar-refractivity contribution is 4.99. The smallest absolute Gasteiger partial charge is 0.190 e. The van der Waals surface area contributed by atoms with Crippen molar-refractivity contribution in [2.45, 2.75) is 50.3 Å². The molecule has 5 heteroatoms. The van der Waals surface area contributed by atoms with Crippen LogP contribution in [-0.4, -0.2) is 46.7 Å². The van der Waals surface area contributed by atoms with Crippen LogP contribution in [0.25, 0.3) is 0 Å². The molecule has 0 aromatic heterocycles. The monoisotopic (exact) mass is 216 g/mol. The lowest BCUT2D eigenvalue weighted by molar-refractivity contribution is -0.222. The first-order chi connectivity index (χ1) is 6.94. The molecule has 2 aliphatic rings. The van der Waals surface area contributed by atoms with Crippen LogP contribution in [0.15, 0.2) is 12.7 Å². The lowest BCUT2D eigenvalue weighted by Gasteiger charge is -2.24.